The van der Waals surface area contributed by atoms with Gasteiger partial charge in [-0.05, 0) is 61.2 Å². The van der Waals surface area contributed by atoms with Crippen molar-refractivity contribution >= 4 is 55.9 Å². The maximum Gasteiger partial charge on any atom is 0.339 e. The number of thiazole rings is 1. The van der Waals surface area contributed by atoms with Gasteiger partial charge in [-0.15, -0.1) is 11.3 Å². The number of nitrogens with one attached hydrogen (secondary N) is 1. The van der Waals surface area contributed by atoms with Gasteiger partial charge < -0.3 is 14.8 Å². The number of rotatable bonds is 8. The number of benzene rings is 4. The van der Waals surface area contributed by atoms with Crippen LogP contribution in [0.5, 0.6) is 0 Å². The lowest BCUT2D eigenvalue weighted by molar-refractivity contribution is -0.124. The predicted molar refractivity (Wildman–Crippen MR) is 153 cm³/mol. The molecule has 0 saturated carbocycles. The summed E-state index contributed by atoms with van der Waals surface area (Å²) >= 11 is 1.56. The quantitative estimate of drug-likeness (QED) is 0.217. The zero-order valence-corrected chi connectivity index (χ0v) is 22.3. The van der Waals surface area contributed by atoms with Crippen LogP contribution in [0.2, 0.25) is 0 Å². The van der Waals surface area contributed by atoms with Crippen molar-refractivity contribution < 1.29 is 23.9 Å². The number of para-hydroxylation sites is 1. The van der Waals surface area contributed by atoms with Gasteiger partial charge in [0.05, 0.1) is 28.0 Å². The minimum Gasteiger partial charge on any atom is -0.462 e. The van der Waals surface area contributed by atoms with E-state index in [0.717, 1.165) is 31.6 Å². The Kier molecular flexibility index (Phi) is 7.65. The smallest absolute Gasteiger partial charge is 0.339 e. The van der Waals surface area contributed by atoms with E-state index in [0.29, 0.717) is 16.8 Å². The summed E-state index contributed by atoms with van der Waals surface area (Å²) in [6.07, 6.45) is -0.722. The number of carbonyl (C=O) groups excluding carboxylic acids is 3. The fourth-order valence-electron chi connectivity index (χ4n) is 4.32. The number of amides is 1. The number of hydrogen-bond donors (Lipinski definition) is 1. The highest BCUT2D eigenvalue weighted by Crippen LogP contribution is 2.36. The standard InChI is InChI=1S/C31H26N2O5S/c1-3-25(28(34)32-21-17-15-20(16-18-21)30(35)37-4-2)38-31(36)23-12-8-10-19-9-7-11-22(27(19)23)29-33-24-13-5-6-14-26(24)39-29/h5-18,25H,3-4H2,1-2H3,(H,32,34). The summed E-state index contributed by atoms with van der Waals surface area (Å²) in [5.74, 6) is -1.48. The zero-order valence-electron chi connectivity index (χ0n) is 21.5. The molecule has 0 fully saturated rings. The fraction of sp³-hybridized carbons (Fsp3) is 0.161. The molecule has 0 bridgehead atoms. The number of fused-ring (bicyclic) bond motifs is 2. The second-order valence-electron chi connectivity index (χ2n) is 8.79. The van der Waals surface area contributed by atoms with Crippen LogP contribution in [0.1, 0.15) is 41.0 Å². The molecule has 5 rings (SSSR count). The Morgan fingerprint density at radius 1 is 0.872 bits per heavy atom. The van der Waals surface area contributed by atoms with E-state index >= 15 is 0 Å². The molecule has 0 aliphatic heterocycles. The summed E-state index contributed by atoms with van der Waals surface area (Å²) in [5, 5.41) is 5.17. The SMILES string of the molecule is CCOC(=O)c1ccc(NC(=O)C(CC)OC(=O)c2cccc3cccc(-c4nc5ccccc5s4)c23)cc1. The van der Waals surface area contributed by atoms with E-state index in [-0.39, 0.29) is 13.0 Å². The van der Waals surface area contributed by atoms with Gasteiger partial charge in [-0.25, -0.2) is 14.6 Å². The van der Waals surface area contributed by atoms with Crippen molar-refractivity contribution in [2.45, 2.75) is 26.4 Å². The first kappa shape index (κ1) is 26.1. The van der Waals surface area contributed by atoms with Gasteiger partial charge in [0.25, 0.3) is 5.91 Å². The second-order valence-corrected chi connectivity index (χ2v) is 9.82. The number of nitrogens with zero attached hydrogens (tertiary/aromatic N) is 1. The molecule has 7 nitrogen and oxygen atoms in total. The highest BCUT2D eigenvalue weighted by Gasteiger charge is 2.24. The van der Waals surface area contributed by atoms with E-state index in [4.69, 9.17) is 14.5 Å². The minimum atomic E-state index is -1.01. The topological polar surface area (TPSA) is 94.6 Å². The van der Waals surface area contributed by atoms with E-state index in [9.17, 15) is 14.4 Å². The van der Waals surface area contributed by atoms with Crippen molar-refractivity contribution in [3.63, 3.8) is 0 Å². The molecule has 8 heteroatoms. The molecule has 1 amide bonds. The number of anilines is 1. The molecule has 0 spiro atoms. The average molecular weight is 539 g/mol. The van der Waals surface area contributed by atoms with Gasteiger partial charge in [0.1, 0.15) is 5.01 Å². The summed E-state index contributed by atoms with van der Waals surface area (Å²) in [7, 11) is 0. The number of aromatic nitrogens is 1. The Morgan fingerprint density at radius 2 is 1.62 bits per heavy atom. The molecular formula is C31H26N2O5S. The molecule has 0 saturated heterocycles. The van der Waals surface area contributed by atoms with Crippen molar-refractivity contribution in [3.8, 4) is 10.6 Å². The lowest BCUT2D eigenvalue weighted by atomic mass is 9.99. The van der Waals surface area contributed by atoms with Crippen LogP contribution in [0.15, 0.2) is 84.9 Å². The highest BCUT2D eigenvalue weighted by molar-refractivity contribution is 7.21. The van der Waals surface area contributed by atoms with Gasteiger partial charge in [-0.3, -0.25) is 4.79 Å². The third kappa shape index (κ3) is 5.51. The highest BCUT2D eigenvalue weighted by atomic mass is 32.1. The van der Waals surface area contributed by atoms with Crippen LogP contribution in [0.3, 0.4) is 0 Å². The largest absolute Gasteiger partial charge is 0.462 e. The van der Waals surface area contributed by atoms with E-state index < -0.39 is 23.9 Å². The second kappa shape index (κ2) is 11.4. The molecule has 1 heterocycles. The molecule has 4 aromatic carbocycles. The summed E-state index contributed by atoms with van der Waals surface area (Å²) in [5.41, 5.74) is 2.96. The van der Waals surface area contributed by atoms with Crippen LogP contribution in [0.25, 0.3) is 31.6 Å². The summed E-state index contributed by atoms with van der Waals surface area (Å²) in [4.78, 5) is 43.1. The molecular weight excluding hydrogens is 512 g/mol. The Hall–Kier alpha value is -4.56. The van der Waals surface area contributed by atoms with Gasteiger partial charge in [0.2, 0.25) is 0 Å². The van der Waals surface area contributed by atoms with Gasteiger partial charge in [0.15, 0.2) is 6.10 Å². The molecule has 0 aliphatic carbocycles. The van der Waals surface area contributed by atoms with E-state index in [2.05, 4.69) is 5.32 Å². The van der Waals surface area contributed by atoms with Crippen LogP contribution in [0.4, 0.5) is 5.69 Å². The van der Waals surface area contributed by atoms with E-state index in [1.54, 1.807) is 61.6 Å². The molecule has 1 unspecified atom stereocenters. The predicted octanol–water partition coefficient (Wildman–Crippen LogP) is 6.87. The summed E-state index contributed by atoms with van der Waals surface area (Å²) in [6.45, 7) is 3.79. The third-order valence-corrected chi connectivity index (χ3v) is 7.29. The van der Waals surface area contributed by atoms with Gasteiger partial charge in [-0.2, -0.15) is 0 Å². The van der Waals surface area contributed by atoms with E-state index in [1.165, 1.54) is 0 Å². The minimum absolute atomic E-state index is 0.277. The van der Waals surface area contributed by atoms with Crippen LogP contribution in [0, 0.1) is 0 Å². The van der Waals surface area contributed by atoms with Crippen LogP contribution in [-0.2, 0) is 14.3 Å². The Morgan fingerprint density at radius 3 is 2.33 bits per heavy atom. The average Bonchev–Trinajstić information content (AvgIpc) is 3.40. The van der Waals surface area contributed by atoms with E-state index in [1.807, 2.05) is 48.5 Å². The molecule has 0 radical (unpaired) electrons. The van der Waals surface area contributed by atoms with Crippen molar-refractivity contribution in [3.05, 3.63) is 96.1 Å². The van der Waals surface area contributed by atoms with Crippen molar-refractivity contribution in [1.82, 2.24) is 4.98 Å². The molecule has 1 atom stereocenters. The molecule has 5 aromatic rings. The third-order valence-electron chi connectivity index (χ3n) is 6.22. The molecule has 1 aromatic heterocycles. The Labute approximate surface area is 229 Å². The van der Waals surface area contributed by atoms with Crippen LogP contribution < -0.4 is 5.32 Å². The summed E-state index contributed by atoms with van der Waals surface area (Å²) in [6, 6.07) is 25.5. The number of hydrogen-bond acceptors (Lipinski definition) is 7. The molecule has 196 valence electrons. The number of esters is 2. The zero-order chi connectivity index (χ0) is 27.4. The lowest BCUT2D eigenvalue weighted by Crippen LogP contribution is -2.32. The first-order valence-electron chi connectivity index (χ1n) is 12.6. The van der Waals surface area contributed by atoms with Gasteiger partial charge >= 0.3 is 11.9 Å². The molecule has 0 aliphatic rings. The first-order valence-corrected chi connectivity index (χ1v) is 13.5. The molecule has 39 heavy (non-hydrogen) atoms. The normalized spacial score (nSPS) is 11.7. The van der Waals surface area contributed by atoms with Crippen molar-refractivity contribution in [1.29, 1.82) is 0 Å². The summed E-state index contributed by atoms with van der Waals surface area (Å²) < 4.78 is 11.8. The maximum atomic E-state index is 13.5. The number of carbonyl (C=O) groups is 3. The maximum absolute atomic E-state index is 13.5. The van der Waals surface area contributed by atoms with Crippen LogP contribution in [-0.4, -0.2) is 35.5 Å². The monoisotopic (exact) mass is 538 g/mol. The van der Waals surface area contributed by atoms with Crippen molar-refractivity contribution in [2.75, 3.05) is 11.9 Å². The molecule has 1 N–H and O–H groups in total. The first-order chi connectivity index (χ1) is 19.0. The fourth-order valence-corrected chi connectivity index (χ4v) is 5.32. The van der Waals surface area contributed by atoms with Gasteiger partial charge in [0, 0.05) is 16.6 Å². The number of ether oxygens (including phenoxy) is 2. The van der Waals surface area contributed by atoms with Crippen molar-refractivity contribution in [2.24, 2.45) is 0 Å². The Bertz CT molecular complexity index is 1640. The van der Waals surface area contributed by atoms with Gasteiger partial charge in [-0.1, -0.05) is 49.4 Å². The Balaban J connectivity index is 1.39. The lowest BCUT2D eigenvalue weighted by Gasteiger charge is -2.17. The van der Waals surface area contributed by atoms with Crippen LogP contribution >= 0.6 is 11.3 Å².